The fourth-order valence-electron chi connectivity index (χ4n) is 1.89. The predicted octanol–water partition coefficient (Wildman–Crippen LogP) is 3.56. The van der Waals surface area contributed by atoms with Crippen LogP contribution in [0.25, 0.3) is 0 Å². The Labute approximate surface area is 130 Å². The van der Waals surface area contributed by atoms with Gasteiger partial charge in [-0.1, -0.05) is 23.2 Å². The summed E-state index contributed by atoms with van der Waals surface area (Å²) in [7, 11) is 0. The van der Waals surface area contributed by atoms with Crippen LogP contribution >= 0.6 is 23.2 Å². The number of nitrogen functional groups attached to an aromatic ring is 1. The summed E-state index contributed by atoms with van der Waals surface area (Å²) in [4.78, 5) is 12.2. The van der Waals surface area contributed by atoms with E-state index in [1.54, 1.807) is 24.3 Å². The van der Waals surface area contributed by atoms with Crippen molar-refractivity contribution in [2.24, 2.45) is 0 Å². The number of fused-ring (bicyclic) bond motifs is 1. The number of anilines is 2. The fraction of sp³-hybridized carbons (Fsp3) is 0.0714. The third-order valence-electron chi connectivity index (χ3n) is 2.97. The molecule has 7 heteroatoms. The van der Waals surface area contributed by atoms with Crippen LogP contribution in [0.2, 0.25) is 10.0 Å². The van der Waals surface area contributed by atoms with Gasteiger partial charge in [0.05, 0.1) is 21.4 Å². The van der Waals surface area contributed by atoms with Gasteiger partial charge in [0.1, 0.15) is 0 Å². The number of halogens is 2. The smallest absolute Gasteiger partial charge is 0.255 e. The number of nitrogens with one attached hydrogen (secondary N) is 1. The van der Waals surface area contributed by atoms with Gasteiger partial charge in [-0.15, -0.1) is 0 Å². The van der Waals surface area contributed by atoms with E-state index in [-0.39, 0.29) is 12.7 Å². The van der Waals surface area contributed by atoms with Crippen molar-refractivity contribution in [3.63, 3.8) is 0 Å². The van der Waals surface area contributed by atoms with Gasteiger partial charge in [-0.05, 0) is 18.2 Å². The lowest BCUT2D eigenvalue weighted by molar-refractivity contribution is 0.102. The van der Waals surface area contributed by atoms with Gasteiger partial charge in [0, 0.05) is 17.7 Å². The summed E-state index contributed by atoms with van der Waals surface area (Å²) < 4.78 is 10.4. The first-order chi connectivity index (χ1) is 10.0. The number of amides is 1. The first-order valence-corrected chi connectivity index (χ1v) is 6.76. The van der Waals surface area contributed by atoms with Crippen molar-refractivity contribution in [1.82, 2.24) is 0 Å². The summed E-state index contributed by atoms with van der Waals surface area (Å²) in [6, 6.07) is 7.85. The topological polar surface area (TPSA) is 73.6 Å². The summed E-state index contributed by atoms with van der Waals surface area (Å²) in [6.45, 7) is 0.136. The molecule has 108 valence electrons. The van der Waals surface area contributed by atoms with Crippen molar-refractivity contribution in [1.29, 1.82) is 0 Å². The maximum atomic E-state index is 12.2. The summed E-state index contributed by atoms with van der Waals surface area (Å²) in [5, 5.41) is 3.45. The molecular weight excluding hydrogens is 315 g/mol. The molecule has 0 atom stereocenters. The molecule has 0 saturated heterocycles. The third kappa shape index (κ3) is 2.70. The van der Waals surface area contributed by atoms with Gasteiger partial charge in [-0.25, -0.2) is 0 Å². The second-order valence-corrected chi connectivity index (χ2v) is 5.19. The van der Waals surface area contributed by atoms with Crippen molar-refractivity contribution < 1.29 is 14.3 Å². The predicted molar refractivity (Wildman–Crippen MR) is 81.4 cm³/mol. The lowest BCUT2D eigenvalue weighted by Gasteiger charge is -2.09. The van der Waals surface area contributed by atoms with Crippen LogP contribution in [0.5, 0.6) is 11.5 Å². The Bertz CT molecular complexity index is 734. The number of carbonyl (C=O) groups is 1. The zero-order valence-corrected chi connectivity index (χ0v) is 12.2. The minimum atomic E-state index is -0.348. The molecule has 1 amide bonds. The molecule has 2 aromatic carbocycles. The zero-order chi connectivity index (χ0) is 15.0. The number of ether oxygens (including phenoxy) is 2. The highest BCUT2D eigenvalue weighted by atomic mass is 35.5. The zero-order valence-electron chi connectivity index (χ0n) is 10.7. The molecule has 21 heavy (non-hydrogen) atoms. The maximum Gasteiger partial charge on any atom is 0.255 e. The summed E-state index contributed by atoms with van der Waals surface area (Å²) >= 11 is 11.9. The molecule has 3 rings (SSSR count). The molecule has 1 aliphatic heterocycles. The quantitative estimate of drug-likeness (QED) is 0.828. The minimum Gasteiger partial charge on any atom is -0.454 e. The van der Waals surface area contributed by atoms with Crippen molar-refractivity contribution in [3.8, 4) is 11.5 Å². The molecule has 5 nitrogen and oxygen atoms in total. The molecule has 0 bridgehead atoms. The lowest BCUT2D eigenvalue weighted by atomic mass is 10.2. The first-order valence-electron chi connectivity index (χ1n) is 6.00. The molecular formula is C14H10Cl2N2O3. The molecule has 0 fully saturated rings. The van der Waals surface area contributed by atoms with Crippen LogP contribution in [0.3, 0.4) is 0 Å². The average molecular weight is 325 g/mol. The van der Waals surface area contributed by atoms with Crippen LogP contribution in [-0.4, -0.2) is 12.7 Å². The van der Waals surface area contributed by atoms with Gasteiger partial charge in [-0.3, -0.25) is 4.79 Å². The maximum absolute atomic E-state index is 12.2. The number of benzene rings is 2. The highest BCUT2D eigenvalue weighted by Gasteiger charge is 2.18. The lowest BCUT2D eigenvalue weighted by Crippen LogP contribution is -2.12. The molecule has 0 spiro atoms. The monoisotopic (exact) mass is 324 g/mol. The number of nitrogens with two attached hydrogens (primary N) is 1. The van der Waals surface area contributed by atoms with Gasteiger partial charge in [-0.2, -0.15) is 0 Å². The summed E-state index contributed by atoms with van der Waals surface area (Å²) in [5.41, 5.74) is 6.83. The Balaban J connectivity index is 1.86. The second-order valence-electron chi connectivity index (χ2n) is 4.38. The SMILES string of the molecule is Nc1cc(C(=O)Nc2cc3c(cc2Cl)OCO3)ccc1Cl. The number of hydrogen-bond donors (Lipinski definition) is 2. The number of rotatable bonds is 2. The molecule has 1 aliphatic rings. The van der Waals surface area contributed by atoms with Crippen LogP contribution in [0.15, 0.2) is 30.3 Å². The van der Waals surface area contributed by atoms with Crippen molar-refractivity contribution in [2.75, 3.05) is 17.8 Å². The standard InChI is InChI=1S/C14H10Cl2N2O3/c15-8-2-1-7(3-10(8)17)14(19)18-11-5-13-12(4-9(11)16)20-6-21-13/h1-5H,6,17H2,(H,18,19). The number of hydrogen-bond acceptors (Lipinski definition) is 4. The molecule has 2 aromatic rings. The Hall–Kier alpha value is -2.11. The van der Waals surface area contributed by atoms with Crippen LogP contribution < -0.4 is 20.5 Å². The van der Waals surface area contributed by atoms with E-state index >= 15 is 0 Å². The van der Waals surface area contributed by atoms with E-state index < -0.39 is 0 Å². The molecule has 0 saturated carbocycles. The van der Waals surface area contributed by atoms with Gasteiger partial charge < -0.3 is 20.5 Å². The van der Waals surface area contributed by atoms with Gasteiger partial charge >= 0.3 is 0 Å². The minimum absolute atomic E-state index is 0.136. The highest BCUT2D eigenvalue weighted by Crippen LogP contribution is 2.39. The molecule has 0 unspecified atom stereocenters. The van der Waals surface area contributed by atoms with E-state index in [1.807, 2.05) is 0 Å². The van der Waals surface area contributed by atoms with Gasteiger partial charge in [0.25, 0.3) is 5.91 Å². The van der Waals surface area contributed by atoms with E-state index in [0.717, 1.165) is 0 Å². The van der Waals surface area contributed by atoms with E-state index in [2.05, 4.69) is 5.32 Å². The van der Waals surface area contributed by atoms with Crippen LogP contribution in [-0.2, 0) is 0 Å². The molecule has 0 radical (unpaired) electrons. The van der Waals surface area contributed by atoms with Gasteiger partial charge in [0.2, 0.25) is 6.79 Å². The van der Waals surface area contributed by atoms with Crippen molar-refractivity contribution in [3.05, 3.63) is 45.9 Å². The molecule has 0 aliphatic carbocycles. The fourth-order valence-corrected chi connectivity index (χ4v) is 2.21. The van der Waals surface area contributed by atoms with Crippen LogP contribution in [0.1, 0.15) is 10.4 Å². The van der Waals surface area contributed by atoms with Crippen molar-refractivity contribution >= 4 is 40.5 Å². The largest absolute Gasteiger partial charge is 0.454 e. The van der Waals surface area contributed by atoms with Crippen LogP contribution in [0.4, 0.5) is 11.4 Å². The number of carbonyl (C=O) groups excluding carboxylic acids is 1. The summed E-state index contributed by atoms with van der Waals surface area (Å²) in [5.74, 6) is 0.734. The molecule has 0 aromatic heterocycles. The van der Waals surface area contributed by atoms with Gasteiger partial charge in [0.15, 0.2) is 11.5 Å². The van der Waals surface area contributed by atoms with E-state index in [9.17, 15) is 4.79 Å². The van der Waals surface area contributed by atoms with E-state index in [1.165, 1.54) is 6.07 Å². The summed E-state index contributed by atoms with van der Waals surface area (Å²) in [6.07, 6.45) is 0. The Morgan fingerprint density at radius 3 is 2.52 bits per heavy atom. The van der Waals surface area contributed by atoms with Crippen molar-refractivity contribution in [2.45, 2.75) is 0 Å². The molecule has 3 N–H and O–H groups in total. The normalized spacial score (nSPS) is 12.3. The first kappa shape index (κ1) is 13.9. The second kappa shape index (κ2) is 5.35. The third-order valence-corrected chi connectivity index (χ3v) is 3.63. The Morgan fingerprint density at radius 2 is 1.81 bits per heavy atom. The van der Waals surface area contributed by atoms with E-state index in [0.29, 0.717) is 38.5 Å². The van der Waals surface area contributed by atoms with Crippen LogP contribution in [0, 0.1) is 0 Å². The Kier molecular flexibility index (Phi) is 3.53. The molecule has 1 heterocycles. The highest BCUT2D eigenvalue weighted by molar-refractivity contribution is 6.34. The average Bonchev–Trinajstić information content (AvgIpc) is 2.89. The van der Waals surface area contributed by atoms with E-state index in [4.69, 9.17) is 38.4 Å². The Morgan fingerprint density at radius 1 is 1.10 bits per heavy atom.